The van der Waals surface area contributed by atoms with Crippen LogP contribution in [0.15, 0.2) is 24.3 Å². The molecule has 3 heteroatoms. The van der Waals surface area contributed by atoms with Gasteiger partial charge in [-0.1, -0.05) is 50.6 Å². The maximum Gasteiger partial charge on any atom is 0.0743 e. The molecule has 0 aliphatic carbocycles. The predicted molar refractivity (Wildman–Crippen MR) is 88.3 cm³/mol. The SMILES string of the molecule is Cc1ccc(C(CO)(N2CCSCC2)C(C)(C)C)cc1. The predicted octanol–water partition coefficient (Wildman–Crippen LogP) is 3.28. The lowest BCUT2D eigenvalue weighted by molar-refractivity contribution is -0.0497. The monoisotopic (exact) mass is 293 g/mol. The van der Waals surface area contributed by atoms with Crippen molar-refractivity contribution in [3.63, 3.8) is 0 Å². The van der Waals surface area contributed by atoms with Crippen molar-refractivity contribution >= 4 is 11.8 Å². The Morgan fingerprint density at radius 1 is 1.10 bits per heavy atom. The van der Waals surface area contributed by atoms with Gasteiger partial charge < -0.3 is 5.11 Å². The average Bonchev–Trinajstić information content (AvgIpc) is 2.42. The van der Waals surface area contributed by atoms with Gasteiger partial charge in [-0.25, -0.2) is 0 Å². The number of thioether (sulfide) groups is 1. The Hall–Kier alpha value is -0.510. The van der Waals surface area contributed by atoms with Crippen molar-refractivity contribution in [2.75, 3.05) is 31.2 Å². The van der Waals surface area contributed by atoms with Gasteiger partial charge in [-0.2, -0.15) is 11.8 Å². The first-order chi connectivity index (χ1) is 9.41. The highest BCUT2D eigenvalue weighted by molar-refractivity contribution is 7.99. The van der Waals surface area contributed by atoms with Crippen LogP contribution in [0.3, 0.4) is 0 Å². The second kappa shape index (κ2) is 6.08. The van der Waals surface area contributed by atoms with Crippen LogP contribution in [0.25, 0.3) is 0 Å². The molecule has 1 heterocycles. The molecule has 20 heavy (non-hydrogen) atoms. The van der Waals surface area contributed by atoms with E-state index in [4.69, 9.17) is 0 Å². The van der Waals surface area contributed by atoms with Crippen LogP contribution < -0.4 is 0 Å². The molecule has 2 nitrogen and oxygen atoms in total. The summed E-state index contributed by atoms with van der Waals surface area (Å²) in [6.07, 6.45) is 0. The fourth-order valence-corrected chi connectivity index (χ4v) is 4.20. The smallest absolute Gasteiger partial charge is 0.0743 e. The molecule has 1 aliphatic heterocycles. The number of aliphatic hydroxyl groups is 1. The molecular formula is C17H27NOS. The molecule has 0 bridgehead atoms. The summed E-state index contributed by atoms with van der Waals surface area (Å²) < 4.78 is 0. The lowest BCUT2D eigenvalue weighted by atomic mass is 9.68. The number of rotatable bonds is 3. The van der Waals surface area contributed by atoms with Gasteiger partial charge in [0.15, 0.2) is 0 Å². The van der Waals surface area contributed by atoms with E-state index in [-0.39, 0.29) is 17.6 Å². The molecule has 2 rings (SSSR count). The number of nitrogens with zero attached hydrogens (tertiary/aromatic N) is 1. The van der Waals surface area contributed by atoms with Gasteiger partial charge >= 0.3 is 0 Å². The zero-order chi connectivity index (χ0) is 14.8. The van der Waals surface area contributed by atoms with E-state index in [0.29, 0.717) is 0 Å². The van der Waals surface area contributed by atoms with Gasteiger partial charge in [-0.15, -0.1) is 0 Å². The standard InChI is InChI=1S/C17H27NOS/c1-14-5-7-15(8-6-14)17(13-19,16(2,3)4)18-9-11-20-12-10-18/h5-8,19H,9-13H2,1-4H3. The molecule has 1 N–H and O–H groups in total. The van der Waals surface area contributed by atoms with Crippen molar-refractivity contribution in [3.8, 4) is 0 Å². The molecule has 1 fully saturated rings. The zero-order valence-corrected chi connectivity index (χ0v) is 14.0. The van der Waals surface area contributed by atoms with Crippen LogP contribution in [0.1, 0.15) is 31.9 Å². The molecule has 0 amide bonds. The highest BCUT2D eigenvalue weighted by Gasteiger charge is 2.47. The summed E-state index contributed by atoms with van der Waals surface area (Å²) in [7, 11) is 0. The van der Waals surface area contributed by atoms with Gasteiger partial charge in [0, 0.05) is 24.6 Å². The Kier molecular flexibility index (Phi) is 4.83. The number of aliphatic hydroxyl groups excluding tert-OH is 1. The maximum atomic E-state index is 10.3. The third kappa shape index (κ3) is 2.76. The van der Waals surface area contributed by atoms with Gasteiger partial charge in [0.2, 0.25) is 0 Å². The molecular weight excluding hydrogens is 266 g/mol. The summed E-state index contributed by atoms with van der Waals surface area (Å²) in [6.45, 7) is 11.1. The zero-order valence-electron chi connectivity index (χ0n) is 13.1. The molecule has 1 atom stereocenters. The Balaban J connectivity index is 2.49. The topological polar surface area (TPSA) is 23.5 Å². The fourth-order valence-electron chi connectivity index (χ4n) is 3.29. The summed E-state index contributed by atoms with van der Waals surface area (Å²) >= 11 is 2.01. The number of benzene rings is 1. The summed E-state index contributed by atoms with van der Waals surface area (Å²) in [6, 6.07) is 8.70. The highest BCUT2D eigenvalue weighted by Crippen LogP contribution is 2.45. The van der Waals surface area contributed by atoms with Crippen molar-refractivity contribution in [1.82, 2.24) is 4.90 Å². The van der Waals surface area contributed by atoms with Crippen molar-refractivity contribution in [2.45, 2.75) is 33.2 Å². The minimum atomic E-state index is -0.290. The highest BCUT2D eigenvalue weighted by atomic mass is 32.2. The lowest BCUT2D eigenvalue weighted by Crippen LogP contribution is -2.59. The summed E-state index contributed by atoms with van der Waals surface area (Å²) in [4.78, 5) is 2.49. The van der Waals surface area contributed by atoms with Crippen molar-refractivity contribution in [1.29, 1.82) is 0 Å². The van der Waals surface area contributed by atoms with Crippen LogP contribution >= 0.6 is 11.8 Å². The minimum absolute atomic E-state index is 0.0149. The number of hydrogen-bond acceptors (Lipinski definition) is 3. The van der Waals surface area contributed by atoms with Crippen LogP contribution in [0.5, 0.6) is 0 Å². The minimum Gasteiger partial charge on any atom is -0.394 e. The first kappa shape index (κ1) is 15.9. The molecule has 0 aromatic heterocycles. The van der Waals surface area contributed by atoms with Crippen LogP contribution in [-0.2, 0) is 5.54 Å². The lowest BCUT2D eigenvalue weighted by Gasteiger charge is -2.53. The first-order valence-corrected chi connectivity index (χ1v) is 8.58. The Morgan fingerprint density at radius 2 is 1.65 bits per heavy atom. The van der Waals surface area contributed by atoms with Gasteiger partial charge in [-0.3, -0.25) is 4.90 Å². The summed E-state index contributed by atoms with van der Waals surface area (Å²) in [5.41, 5.74) is 2.20. The third-order valence-electron chi connectivity index (χ3n) is 4.55. The second-order valence-electron chi connectivity index (χ2n) is 6.73. The van der Waals surface area contributed by atoms with Gasteiger partial charge in [0.05, 0.1) is 12.1 Å². The van der Waals surface area contributed by atoms with E-state index in [0.717, 1.165) is 24.6 Å². The number of aryl methyl sites for hydroxylation is 1. The van der Waals surface area contributed by atoms with E-state index >= 15 is 0 Å². The molecule has 1 aromatic carbocycles. The van der Waals surface area contributed by atoms with E-state index in [2.05, 4.69) is 56.9 Å². The average molecular weight is 293 g/mol. The third-order valence-corrected chi connectivity index (χ3v) is 5.49. The van der Waals surface area contributed by atoms with Gasteiger partial charge in [0.25, 0.3) is 0 Å². The van der Waals surface area contributed by atoms with E-state index in [1.165, 1.54) is 11.1 Å². The van der Waals surface area contributed by atoms with Crippen LogP contribution in [0.2, 0.25) is 0 Å². The Bertz CT molecular complexity index is 431. The largest absolute Gasteiger partial charge is 0.394 e. The molecule has 0 spiro atoms. The molecule has 1 aliphatic rings. The molecule has 1 saturated heterocycles. The maximum absolute atomic E-state index is 10.3. The molecule has 1 unspecified atom stereocenters. The Labute approximate surface area is 127 Å². The Morgan fingerprint density at radius 3 is 2.10 bits per heavy atom. The quantitative estimate of drug-likeness (QED) is 0.925. The van der Waals surface area contributed by atoms with E-state index in [1.54, 1.807) is 0 Å². The van der Waals surface area contributed by atoms with Gasteiger partial charge in [0.1, 0.15) is 0 Å². The van der Waals surface area contributed by atoms with E-state index in [1.807, 2.05) is 11.8 Å². The normalized spacial score (nSPS) is 20.6. The second-order valence-corrected chi connectivity index (χ2v) is 7.96. The van der Waals surface area contributed by atoms with Crippen LogP contribution in [0, 0.1) is 12.3 Å². The molecule has 112 valence electrons. The summed E-state index contributed by atoms with van der Waals surface area (Å²) in [5.74, 6) is 2.31. The summed E-state index contributed by atoms with van der Waals surface area (Å²) in [5, 5.41) is 10.3. The van der Waals surface area contributed by atoms with E-state index < -0.39 is 0 Å². The van der Waals surface area contributed by atoms with Crippen molar-refractivity contribution in [3.05, 3.63) is 35.4 Å². The number of hydrogen-bond donors (Lipinski definition) is 1. The fraction of sp³-hybridized carbons (Fsp3) is 0.647. The van der Waals surface area contributed by atoms with Crippen LogP contribution in [-0.4, -0.2) is 41.2 Å². The molecule has 0 radical (unpaired) electrons. The van der Waals surface area contributed by atoms with E-state index in [9.17, 15) is 5.11 Å². The van der Waals surface area contributed by atoms with Gasteiger partial charge in [-0.05, 0) is 17.9 Å². The molecule has 0 saturated carbocycles. The molecule has 1 aromatic rings. The first-order valence-electron chi connectivity index (χ1n) is 7.42. The van der Waals surface area contributed by atoms with Crippen molar-refractivity contribution < 1.29 is 5.11 Å². The van der Waals surface area contributed by atoms with Crippen molar-refractivity contribution in [2.24, 2.45) is 5.41 Å². The van der Waals surface area contributed by atoms with Crippen LogP contribution in [0.4, 0.5) is 0 Å².